The van der Waals surface area contributed by atoms with Gasteiger partial charge in [-0.2, -0.15) is 27.3 Å². The quantitative estimate of drug-likeness (QED) is 0.749. The van der Waals surface area contributed by atoms with E-state index in [9.17, 15) is 12.8 Å². The summed E-state index contributed by atoms with van der Waals surface area (Å²) in [6.07, 6.45) is 0. The van der Waals surface area contributed by atoms with E-state index >= 15 is 0 Å². The van der Waals surface area contributed by atoms with Crippen molar-refractivity contribution < 1.29 is 17.5 Å². The Morgan fingerprint density at radius 1 is 1.50 bits per heavy atom. The Labute approximate surface area is 94.0 Å². The van der Waals surface area contributed by atoms with Gasteiger partial charge in [-0.05, 0) is 11.6 Å². The zero-order valence-corrected chi connectivity index (χ0v) is 9.30. The highest BCUT2D eigenvalue weighted by molar-refractivity contribution is 7.63. The molecule has 0 atom stereocenters. The number of aromatic nitrogens is 4. The van der Waals surface area contributed by atoms with E-state index < -0.39 is 20.8 Å². The summed E-state index contributed by atoms with van der Waals surface area (Å²) in [5, 5.41) is 2.31. The van der Waals surface area contributed by atoms with Crippen molar-refractivity contribution in [2.24, 2.45) is 0 Å². The lowest BCUT2D eigenvalue weighted by molar-refractivity contribution is 0.363. The van der Waals surface area contributed by atoms with Gasteiger partial charge in [0, 0.05) is 0 Å². The molecule has 0 spiro atoms. The van der Waals surface area contributed by atoms with Crippen LogP contribution < -0.4 is 4.74 Å². The topological polar surface area (TPSA) is 89.3 Å². The molecule has 0 aromatic carbocycles. The summed E-state index contributed by atoms with van der Waals surface area (Å²) in [5.74, 6) is -1.10. The number of halogens is 2. The van der Waals surface area contributed by atoms with E-state index in [2.05, 4.69) is 15.1 Å². The molecule has 86 valence electrons. The van der Waals surface area contributed by atoms with Gasteiger partial charge in [-0.25, -0.2) is 0 Å². The highest BCUT2D eigenvalue weighted by Crippen LogP contribution is 2.15. The number of aromatic amines is 1. The maximum Gasteiger partial charge on any atom is 0.319 e. The van der Waals surface area contributed by atoms with E-state index in [4.69, 9.17) is 16.3 Å². The molecule has 0 fully saturated rings. The molecule has 2 aromatic rings. The molecule has 2 aromatic heterocycles. The van der Waals surface area contributed by atoms with E-state index in [0.29, 0.717) is 0 Å². The van der Waals surface area contributed by atoms with Crippen molar-refractivity contribution in [3.63, 3.8) is 0 Å². The van der Waals surface area contributed by atoms with Gasteiger partial charge in [0.15, 0.2) is 5.65 Å². The van der Waals surface area contributed by atoms with Crippen LogP contribution in [0.15, 0.2) is 0 Å². The van der Waals surface area contributed by atoms with Crippen molar-refractivity contribution in [3.8, 4) is 6.01 Å². The molecule has 0 saturated carbocycles. The number of methoxy groups -OCH3 is 1. The first-order chi connectivity index (χ1) is 7.54. The number of nitrogens with zero attached hydrogens (tertiary/aromatic N) is 3. The second-order valence-electron chi connectivity index (χ2n) is 2.63. The first-order valence-electron chi connectivity index (χ1n) is 3.84. The molecular weight excluding hydrogens is 263 g/mol. The van der Waals surface area contributed by atoms with E-state index in [-0.39, 0.29) is 16.9 Å². The molecule has 1 N–H and O–H groups in total. The fourth-order valence-corrected chi connectivity index (χ4v) is 1.68. The SMILES string of the molecule is COc1nc(=S(=O)=O)c(F)c2nc(Cl)[nH]n12. The highest BCUT2D eigenvalue weighted by atomic mass is 35.5. The molecule has 2 heterocycles. The van der Waals surface area contributed by atoms with Crippen LogP contribution in [0.3, 0.4) is 0 Å². The van der Waals surface area contributed by atoms with Crippen LogP contribution in [0.1, 0.15) is 0 Å². The molecule has 0 saturated heterocycles. The minimum absolute atomic E-state index is 0.118. The first-order valence-corrected chi connectivity index (χ1v) is 5.30. The van der Waals surface area contributed by atoms with E-state index in [1.165, 1.54) is 7.11 Å². The van der Waals surface area contributed by atoms with E-state index in [1.54, 1.807) is 0 Å². The third kappa shape index (κ3) is 1.53. The number of rotatable bonds is 1. The van der Waals surface area contributed by atoms with Crippen LogP contribution in [0.5, 0.6) is 6.01 Å². The van der Waals surface area contributed by atoms with Gasteiger partial charge in [0.25, 0.3) is 0 Å². The van der Waals surface area contributed by atoms with Crippen molar-refractivity contribution in [2.75, 3.05) is 7.11 Å². The lowest BCUT2D eigenvalue weighted by atomic mass is 10.6. The van der Waals surface area contributed by atoms with E-state index in [0.717, 1.165) is 4.52 Å². The van der Waals surface area contributed by atoms with Crippen LogP contribution >= 0.6 is 11.6 Å². The largest absolute Gasteiger partial charge is 0.467 e. The normalized spacial score (nSPS) is 10.7. The maximum atomic E-state index is 13.6. The van der Waals surface area contributed by atoms with Crippen LogP contribution in [0.2, 0.25) is 5.28 Å². The molecule has 0 unspecified atom stereocenters. The Kier molecular flexibility index (Phi) is 2.56. The summed E-state index contributed by atoms with van der Waals surface area (Å²) >= 11 is 5.52. The molecule has 0 amide bonds. The molecule has 0 bridgehead atoms. The summed E-state index contributed by atoms with van der Waals surface area (Å²) in [6, 6.07) is -0.171. The van der Waals surface area contributed by atoms with Crippen molar-refractivity contribution in [2.45, 2.75) is 0 Å². The number of nitrogens with one attached hydrogen (secondary N) is 1. The molecule has 0 radical (unpaired) electrons. The molecule has 0 aliphatic rings. The number of hydrogen-bond donors (Lipinski definition) is 1. The molecule has 16 heavy (non-hydrogen) atoms. The molecule has 10 heteroatoms. The fourth-order valence-electron chi connectivity index (χ4n) is 1.13. The first kappa shape index (κ1) is 10.9. The van der Waals surface area contributed by atoms with Crippen LogP contribution in [0, 0.1) is 10.5 Å². The average Bonchev–Trinajstić information content (AvgIpc) is 2.60. The average molecular weight is 267 g/mol. The summed E-state index contributed by atoms with van der Waals surface area (Å²) in [7, 11) is -1.58. The van der Waals surface area contributed by atoms with Gasteiger partial charge in [-0.15, -0.1) is 0 Å². The summed E-state index contributed by atoms with van der Waals surface area (Å²) in [6.45, 7) is 0. The van der Waals surface area contributed by atoms with E-state index in [1.807, 2.05) is 0 Å². The Hall–Kier alpha value is -1.61. The van der Waals surface area contributed by atoms with Gasteiger partial charge in [-0.3, -0.25) is 5.10 Å². The van der Waals surface area contributed by atoms with Gasteiger partial charge in [0.2, 0.25) is 26.0 Å². The van der Waals surface area contributed by atoms with Crippen molar-refractivity contribution in [1.29, 1.82) is 0 Å². The minimum atomic E-state index is -2.83. The summed E-state index contributed by atoms with van der Waals surface area (Å²) < 4.78 is 40.0. The molecule has 7 nitrogen and oxygen atoms in total. The third-order valence-electron chi connectivity index (χ3n) is 1.73. The Morgan fingerprint density at radius 3 is 2.75 bits per heavy atom. The highest BCUT2D eigenvalue weighted by Gasteiger charge is 2.15. The lowest BCUT2D eigenvalue weighted by Gasteiger charge is -2.00. The minimum Gasteiger partial charge on any atom is -0.467 e. The van der Waals surface area contributed by atoms with Gasteiger partial charge in [-0.1, -0.05) is 0 Å². The Bertz CT molecular complexity index is 726. The summed E-state index contributed by atoms with van der Waals surface area (Å²) in [5.41, 5.74) is -0.309. The smallest absolute Gasteiger partial charge is 0.319 e. The van der Waals surface area contributed by atoms with Crippen LogP contribution in [-0.4, -0.2) is 35.1 Å². The standard InChI is InChI=1S/C6H4ClFN4O3S/c1-15-6-10-4(16(13)14)2(8)3-9-5(7)11-12(3)6/h1H3,(H,9,11). The summed E-state index contributed by atoms with van der Waals surface area (Å²) in [4.78, 5) is 7.02. The van der Waals surface area contributed by atoms with Gasteiger partial charge in [0.05, 0.1) is 7.11 Å². The predicted octanol–water partition coefficient (Wildman–Crippen LogP) is 0.270. The Morgan fingerprint density at radius 2 is 2.19 bits per heavy atom. The van der Waals surface area contributed by atoms with Crippen molar-refractivity contribution in [3.05, 3.63) is 15.7 Å². The zero-order valence-electron chi connectivity index (χ0n) is 7.73. The van der Waals surface area contributed by atoms with Crippen LogP contribution in [-0.2, 0) is 10.3 Å². The second kappa shape index (κ2) is 3.76. The van der Waals surface area contributed by atoms with Gasteiger partial charge in [0.1, 0.15) is 0 Å². The second-order valence-corrected chi connectivity index (χ2v) is 3.84. The fraction of sp³-hybridized carbons (Fsp3) is 0.167. The molecular formula is C6H4ClFN4O3S. The number of hydrogen-bond acceptors (Lipinski definition) is 5. The monoisotopic (exact) mass is 266 g/mol. The third-order valence-corrected chi connectivity index (χ3v) is 2.49. The number of ether oxygens (including phenoxy) is 1. The molecule has 2 rings (SSSR count). The number of H-pyrrole nitrogens is 1. The number of fused-ring (bicyclic) bond motifs is 1. The van der Waals surface area contributed by atoms with Crippen LogP contribution in [0.25, 0.3) is 5.65 Å². The van der Waals surface area contributed by atoms with Gasteiger partial charge >= 0.3 is 6.01 Å². The Balaban J connectivity index is 3.12. The van der Waals surface area contributed by atoms with Crippen LogP contribution in [0.4, 0.5) is 4.39 Å². The maximum absolute atomic E-state index is 13.6. The van der Waals surface area contributed by atoms with Crippen molar-refractivity contribution in [1.82, 2.24) is 19.6 Å². The predicted molar refractivity (Wildman–Crippen MR) is 51.0 cm³/mol. The van der Waals surface area contributed by atoms with Crippen molar-refractivity contribution >= 4 is 27.5 Å². The van der Waals surface area contributed by atoms with Gasteiger partial charge < -0.3 is 4.74 Å². The molecule has 0 aliphatic carbocycles. The lowest BCUT2D eigenvalue weighted by Crippen LogP contribution is -2.03. The molecule has 0 aliphatic heterocycles. The zero-order chi connectivity index (χ0) is 11.9.